The van der Waals surface area contributed by atoms with E-state index < -0.39 is 5.97 Å². The summed E-state index contributed by atoms with van der Waals surface area (Å²) < 4.78 is 9.55. The number of allylic oxidation sites excluding steroid dienone is 2. The smallest absolute Gasteiger partial charge is 0.345 e. The fraction of sp³-hybridized carbons (Fsp3) is 0.667. The molecule has 1 aromatic rings. The van der Waals surface area contributed by atoms with Crippen LogP contribution in [-0.2, 0) is 9.53 Å². The van der Waals surface area contributed by atoms with Crippen LogP contribution in [0, 0.1) is 5.41 Å². The molecule has 9 heteroatoms. The van der Waals surface area contributed by atoms with Gasteiger partial charge in [-0.1, -0.05) is 12.8 Å². The SMILES string of the molecule is CCOC(=O)c1c(N=NC2=C(O)CC3(CCCC3)CC2=O)nsc1N1CCCCC1. The first kappa shape index (κ1) is 21.0. The summed E-state index contributed by atoms with van der Waals surface area (Å²) in [5, 5.41) is 19.4. The number of piperidine rings is 1. The molecule has 2 heterocycles. The zero-order chi connectivity index (χ0) is 21.1. The predicted octanol–water partition coefficient (Wildman–Crippen LogP) is 5.09. The molecule has 1 saturated carbocycles. The summed E-state index contributed by atoms with van der Waals surface area (Å²) in [5.74, 6) is -0.526. The zero-order valence-electron chi connectivity index (χ0n) is 17.4. The van der Waals surface area contributed by atoms with Crippen LogP contribution in [0.25, 0.3) is 0 Å². The van der Waals surface area contributed by atoms with Crippen LogP contribution in [0.15, 0.2) is 21.7 Å². The summed E-state index contributed by atoms with van der Waals surface area (Å²) in [7, 11) is 0. The number of ketones is 1. The predicted molar refractivity (Wildman–Crippen MR) is 113 cm³/mol. The van der Waals surface area contributed by atoms with Crippen LogP contribution in [0.1, 0.15) is 75.1 Å². The second-order valence-electron chi connectivity index (χ2n) is 8.43. The van der Waals surface area contributed by atoms with E-state index in [0.29, 0.717) is 18.4 Å². The van der Waals surface area contributed by atoms with Gasteiger partial charge in [-0.2, -0.15) is 4.37 Å². The molecule has 0 unspecified atom stereocenters. The Morgan fingerprint density at radius 1 is 1.17 bits per heavy atom. The summed E-state index contributed by atoms with van der Waals surface area (Å²) in [5.41, 5.74) is 0.177. The maximum Gasteiger partial charge on any atom is 0.345 e. The number of carbonyl (C=O) groups excluding carboxylic acids is 2. The van der Waals surface area contributed by atoms with Crippen molar-refractivity contribution in [2.45, 2.75) is 64.7 Å². The van der Waals surface area contributed by atoms with Gasteiger partial charge in [-0.05, 0) is 56.0 Å². The summed E-state index contributed by atoms with van der Waals surface area (Å²) in [6.07, 6.45) is 8.28. The molecule has 162 valence electrons. The Balaban J connectivity index is 1.62. The van der Waals surface area contributed by atoms with E-state index in [4.69, 9.17) is 4.74 Å². The van der Waals surface area contributed by atoms with E-state index in [1.807, 2.05) is 0 Å². The van der Waals surface area contributed by atoms with Crippen LogP contribution < -0.4 is 4.90 Å². The van der Waals surface area contributed by atoms with Crippen molar-refractivity contribution in [2.24, 2.45) is 15.6 Å². The monoisotopic (exact) mass is 432 g/mol. The van der Waals surface area contributed by atoms with E-state index in [1.54, 1.807) is 6.92 Å². The minimum absolute atomic E-state index is 0.000989. The lowest BCUT2D eigenvalue weighted by atomic mass is 9.73. The molecule has 8 nitrogen and oxygen atoms in total. The molecule has 0 atom stereocenters. The molecule has 1 N–H and O–H groups in total. The van der Waals surface area contributed by atoms with E-state index in [9.17, 15) is 14.7 Å². The van der Waals surface area contributed by atoms with Gasteiger partial charge in [-0.25, -0.2) is 4.79 Å². The molecule has 3 aliphatic rings. The first-order valence-corrected chi connectivity index (χ1v) is 11.6. The van der Waals surface area contributed by atoms with Crippen molar-refractivity contribution in [1.82, 2.24) is 4.37 Å². The third kappa shape index (κ3) is 4.12. The fourth-order valence-electron chi connectivity index (χ4n) is 4.81. The quantitative estimate of drug-likeness (QED) is 0.513. The molecule has 1 saturated heterocycles. The van der Waals surface area contributed by atoms with Crippen LogP contribution in [0.5, 0.6) is 0 Å². The van der Waals surface area contributed by atoms with Gasteiger partial charge in [-0.15, -0.1) is 10.2 Å². The molecule has 0 aromatic carbocycles. The van der Waals surface area contributed by atoms with Gasteiger partial charge in [0.1, 0.15) is 16.3 Å². The molecule has 30 heavy (non-hydrogen) atoms. The molecule has 0 amide bonds. The number of hydrogen-bond acceptors (Lipinski definition) is 9. The van der Waals surface area contributed by atoms with Crippen molar-refractivity contribution in [3.63, 3.8) is 0 Å². The summed E-state index contributed by atoms with van der Waals surface area (Å²) in [6.45, 7) is 3.72. The standard InChI is InChI=1S/C21H28N4O4S/c1-2-29-20(28)16-18(24-30-19(16)25-10-6-3-7-11-25)23-22-17-14(26)12-21(13-15(17)27)8-4-5-9-21/h26H,2-13H2,1H3. The van der Waals surface area contributed by atoms with Crippen molar-refractivity contribution >= 4 is 34.1 Å². The van der Waals surface area contributed by atoms with Crippen LogP contribution in [-0.4, -0.2) is 40.9 Å². The number of azo groups is 1. The number of aliphatic hydroxyl groups excluding tert-OH is 1. The lowest BCUT2D eigenvalue weighted by Gasteiger charge is -2.31. The Hall–Kier alpha value is -2.29. The van der Waals surface area contributed by atoms with Crippen molar-refractivity contribution in [3.05, 3.63) is 17.0 Å². The minimum Gasteiger partial charge on any atom is -0.510 e. The number of anilines is 1. The molecule has 1 spiro atoms. The van der Waals surface area contributed by atoms with Gasteiger partial charge in [0.25, 0.3) is 0 Å². The number of esters is 1. The number of carbonyl (C=O) groups is 2. The topological polar surface area (TPSA) is 104 Å². The fourth-order valence-corrected chi connectivity index (χ4v) is 5.68. The van der Waals surface area contributed by atoms with Crippen molar-refractivity contribution < 1.29 is 19.4 Å². The average molecular weight is 433 g/mol. The Labute approximate surface area is 180 Å². The molecule has 1 aliphatic heterocycles. The maximum absolute atomic E-state index is 12.7. The number of rotatable bonds is 5. The second kappa shape index (κ2) is 8.83. The summed E-state index contributed by atoms with van der Waals surface area (Å²) >= 11 is 1.20. The normalized spacial score (nSPS) is 21.8. The zero-order valence-corrected chi connectivity index (χ0v) is 18.2. The summed E-state index contributed by atoms with van der Waals surface area (Å²) in [6, 6.07) is 0. The largest absolute Gasteiger partial charge is 0.510 e. The van der Waals surface area contributed by atoms with Crippen LogP contribution in [0.3, 0.4) is 0 Å². The third-order valence-electron chi connectivity index (χ3n) is 6.30. The Morgan fingerprint density at radius 2 is 1.90 bits per heavy atom. The van der Waals surface area contributed by atoms with Crippen LogP contribution >= 0.6 is 11.5 Å². The number of aliphatic hydroxyl groups is 1. The first-order valence-electron chi connectivity index (χ1n) is 10.8. The number of hydrogen-bond donors (Lipinski definition) is 1. The highest BCUT2D eigenvalue weighted by Gasteiger charge is 2.42. The molecule has 2 fully saturated rings. The Bertz CT molecular complexity index is 880. The molecule has 0 radical (unpaired) electrons. The van der Waals surface area contributed by atoms with E-state index >= 15 is 0 Å². The lowest BCUT2D eigenvalue weighted by molar-refractivity contribution is -0.119. The Kier molecular flexibility index (Phi) is 6.17. The van der Waals surface area contributed by atoms with Gasteiger partial charge in [-0.3, -0.25) is 4.79 Å². The highest BCUT2D eigenvalue weighted by atomic mass is 32.1. The van der Waals surface area contributed by atoms with Crippen molar-refractivity contribution in [1.29, 1.82) is 0 Å². The third-order valence-corrected chi connectivity index (χ3v) is 7.20. The molecular formula is C21H28N4O4S. The van der Waals surface area contributed by atoms with E-state index in [-0.39, 0.29) is 35.1 Å². The van der Waals surface area contributed by atoms with Crippen molar-refractivity contribution in [2.75, 3.05) is 24.6 Å². The average Bonchev–Trinajstić information content (AvgIpc) is 3.35. The van der Waals surface area contributed by atoms with Gasteiger partial charge in [0.2, 0.25) is 5.82 Å². The molecule has 0 bridgehead atoms. The highest BCUT2D eigenvalue weighted by molar-refractivity contribution is 7.11. The van der Waals surface area contributed by atoms with Gasteiger partial charge >= 0.3 is 5.97 Å². The number of Topliss-reactive ketones (excluding diaryl/α,β-unsaturated/α-hetero) is 1. The Morgan fingerprint density at radius 3 is 2.57 bits per heavy atom. The van der Waals surface area contributed by atoms with Crippen molar-refractivity contribution in [3.8, 4) is 0 Å². The van der Waals surface area contributed by atoms with Crippen LogP contribution in [0.4, 0.5) is 10.8 Å². The number of ether oxygens (including phenoxy) is 1. The van der Waals surface area contributed by atoms with Gasteiger partial charge in [0.15, 0.2) is 11.5 Å². The van der Waals surface area contributed by atoms with Gasteiger partial charge in [0.05, 0.1) is 6.61 Å². The minimum atomic E-state index is -0.487. The molecule has 4 rings (SSSR count). The lowest BCUT2D eigenvalue weighted by Crippen LogP contribution is -2.30. The molecular weight excluding hydrogens is 404 g/mol. The van der Waals surface area contributed by atoms with Gasteiger partial charge < -0.3 is 14.7 Å². The number of nitrogens with zero attached hydrogens (tertiary/aromatic N) is 4. The van der Waals surface area contributed by atoms with E-state index in [0.717, 1.165) is 56.6 Å². The maximum atomic E-state index is 12.7. The second-order valence-corrected chi connectivity index (χ2v) is 9.19. The number of aromatic nitrogens is 1. The summed E-state index contributed by atoms with van der Waals surface area (Å²) in [4.78, 5) is 27.4. The van der Waals surface area contributed by atoms with Crippen LogP contribution in [0.2, 0.25) is 0 Å². The first-order chi connectivity index (χ1) is 14.5. The van der Waals surface area contributed by atoms with Gasteiger partial charge in [0, 0.05) is 25.9 Å². The molecule has 2 aliphatic carbocycles. The highest BCUT2D eigenvalue weighted by Crippen LogP contribution is 2.49. The van der Waals surface area contributed by atoms with E-state index in [1.165, 1.54) is 18.0 Å². The van der Waals surface area contributed by atoms with E-state index in [2.05, 4.69) is 19.5 Å². The molecule has 1 aromatic heterocycles.